The Kier molecular flexibility index (Phi) is 3.39. The van der Waals surface area contributed by atoms with Crippen LogP contribution in [0.5, 0.6) is 0 Å². The highest BCUT2D eigenvalue weighted by molar-refractivity contribution is 7.17. The molecule has 0 aliphatic heterocycles. The van der Waals surface area contributed by atoms with E-state index in [1.165, 1.54) is 6.08 Å². The van der Waals surface area contributed by atoms with Crippen LogP contribution in [0.4, 0.5) is 14.5 Å². The van der Waals surface area contributed by atoms with E-state index in [1.54, 1.807) is 0 Å². The molecule has 1 heterocycles. The highest BCUT2D eigenvalue weighted by atomic mass is 35.5. The molecule has 0 saturated carbocycles. The fourth-order valence-electron chi connectivity index (χ4n) is 0.672. The van der Waals surface area contributed by atoms with E-state index < -0.39 is 6.43 Å². The normalized spacial score (nSPS) is 10.2. The van der Waals surface area contributed by atoms with Gasteiger partial charge in [0.05, 0.1) is 9.90 Å². The minimum atomic E-state index is -2.72. The number of nitrogens with zero attached hydrogens (tertiary/aromatic N) is 1. The van der Waals surface area contributed by atoms with Gasteiger partial charge in [-0.15, -0.1) is 11.3 Å². The molecule has 1 aromatic rings. The van der Waals surface area contributed by atoms with Crippen LogP contribution in [0.15, 0.2) is 4.99 Å². The lowest BCUT2D eigenvalue weighted by atomic mass is 10.4. The van der Waals surface area contributed by atoms with E-state index in [-0.39, 0.29) is 19.9 Å². The van der Waals surface area contributed by atoms with Gasteiger partial charge in [-0.2, -0.15) is 4.99 Å². The number of halogens is 4. The Balaban J connectivity index is 3.30. The molecule has 1 aromatic heterocycles. The van der Waals surface area contributed by atoms with Crippen LogP contribution in [0.3, 0.4) is 0 Å². The van der Waals surface area contributed by atoms with Gasteiger partial charge in [0.15, 0.2) is 0 Å². The van der Waals surface area contributed by atoms with Crippen molar-refractivity contribution in [3.8, 4) is 0 Å². The van der Waals surface area contributed by atoms with Crippen molar-refractivity contribution in [1.82, 2.24) is 0 Å². The first-order chi connectivity index (χ1) is 6.07. The third-order valence-corrected chi connectivity index (χ3v) is 3.05. The van der Waals surface area contributed by atoms with Gasteiger partial charge in [0.1, 0.15) is 10.0 Å². The Morgan fingerprint density at radius 3 is 2.46 bits per heavy atom. The van der Waals surface area contributed by atoms with Crippen molar-refractivity contribution in [3.05, 3.63) is 14.2 Å². The molecular formula is C6HCl2F2NOS. The third kappa shape index (κ3) is 2.06. The highest BCUT2D eigenvalue weighted by Gasteiger charge is 2.21. The van der Waals surface area contributed by atoms with Crippen molar-refractivity contribution >= 4 is 46.3 Å². The number of hydrogen-bond acceptors (Lipinski definition) is 3. The minimum absolute atomic E-state index is 0.0383. The number of alkyl halides is 2. The summed E-state index contributed by atoms with van der Waals surface area (Å²) in [7, 11) is 0. The Hall–Kier alpha value is -0.480. The number of isocyanates is 1. The first-order valence-electron chi connectivity index (χ1n) is 2.91. The molecule has 0 unspecified atom stereocenters. The van der Waals surface area contributed by atoms with Gasteiger partial charge in [-0.1, -0.05) is 23.2 Å². The lowest BCUT2D eigenvalue weighted by Crippen LogP contribution is -1.76. The average Bonchev–Trinajstić information content (AvgIpc) is 2.32. The molecule has 0 fully saturated rings. The van der Waals surface area contributed by atoms with E-state index in [4.69, 9.17) is 23.2 Å². The van der Waals surface area contributed by atoms with Gasteiger partial charge in [-0.3, -0.25) is 0 Å². The van der Waals surface area contributed by atoms with E-state index in [9.17, 15) is 13.6 Å². The summed E-state index contributed by atoms with van der Waals surface area (Å²) in [5.41, 5.74) is -0.140. The molecule has 0 aliphatic carbocycles. The Bertz CT molecular complexity index is 373. The maximum absolute atomic E-state index is 12.2. The quantitative estimate of drug-likeness (QED) is 0.571. The second-order valence-electron chi connectivity index (χ2n) is 1.91. The summed E-state index contributed by atoms with van der Waals surface area (Å²) in [4.78, 5) is 12.6. The van der Waals surface area contributed by atoms with E-state index in [2.05, 4.69) is 4.99 Å². The maximum atomic E-state index is 12.2. The van der Waals surface area contributed by atoms with E-state index in [0.29, 0.717) is 11.3 Å². The van der Waals surface area contributed by atoms with Crippen molar-refractivity contribution < 1.29 is 13.6 Å². The zero-order chi connectivity index (χ0) is 10.0. The molecule has 0 saturated heterocycles. The zero-order valence-corrected chi connectivity index (χ0v) is 8.18. The smallest absolute Gasteiger partial charge is 0.211 e. The van der Waals surface area contributed by atoms with Crippen molar-refractivity contribution in [2.75, 3.05) is 0 Å². The van der Waals surface area contributed by atoms with E-state index in [1.807, 2.05) is 0 Å². The average molecular weight is 244 g/mol. The molecule has 0 atom stereocenters. The molecular weight excluding hydrogens is 243 g/mol. The van der Waals surface area contributed by atoms with Crippen LogP contribution >= 0.6 is 34.5 Å². The van der Waals surface area contributed by atoms with E-state index >= 15 is 0 Å². The SMILES string of the molecule is O=C=Nc1c(Cl)sc(C(F)F)c1Cl. The van der Waals surface area contributed by atoms with Crippen LogP contribution in [0, 0.1) is 0 Å². The van der Waals surface area contributed by atoms with Gasteiger partial charge in [-0.25, -0.2) is 13.6 Å². The van der Waals surface area contributed by atoms with Crippen LogP contribution < -0.4 is 0 Å². The Morgan fingerprint density at radius 2 is 2.08 bits per heavy atom. The van der Waals surface area contributed by atoms with Crippen molar-refractivity contribution in [2.24, 2.45) is 4.99 Å². The highest BCUT2D eigenvalue weighted by Crippen LogP contribution is 2.46. The first-order valence-corrected chi connectivity index (χ1v) is 4.49. The van der Waals surface area contributed by atoms with Gasteiger partial charge < -0.3 is 0 Å². The Labute approximate surface area is 85.8 Å². The summed E-state index contributed by atoms with van der Waals surface area (Å²) in [6, 6.07) is 0. The second-order valence-corrected chi connectivity index (χ2v) is 3.94. The molecule has 0 N–H and O–H groups in total. The first kappa shape index (κ1) is 10.6. The van der Waals surface area contributed by atoms with Crippen LogP contribution in [0.25, 0.3) is 0 Å². The van der Waals surface area contributed by atoms with Gasteiger partial charge in [0, 0.05) is 0 Å². The van der Waals surface area contributed by atoms with Crippen LogP contribution in [0.1, 0.15) is 11.3 Å². The van der Waals surface area contributed by atoms with Crippen molar-refractivity contribution in [3.63, 3.8) is 0 Å². The monoisotopic (exact) mass is 243 g/mol. The molecule has 0 aliphatic rings. The topological polar surface area (TPSA) is 29.4 Å². The second kappa shape index (κ2) is 4.15. The summed E-state index contributed by atoms with van der Waals surface area (Å²) in [5, 5.41) is -0.284. The van der Waals surface area contributed by atoms with Crippen LogP contribution in [-0.4, -0.2) is 6.08 Å². The van der Waals surface area contributed by atoms with Gasteiger partial charge in [0.25, 0.3) is 6.43 Å². The largest absolute Gasteiger partial charge is 0.274 e. The molecule has 2 nitrogen and oxygen atoms in total. The molecule has 1 rings (SSSR count). The summed E-state index contributed by atoms with van der Waals surface area (Å²) in [5.74, 6) is 0. The summed E-state index contributed by atoms with van der Waals surface area (Å²) in [6.07, 6.45) is -1.53. The fourth-order valence-corrected chi connectivity index (χ4v) is 2.21. The maximum Gasteiger partial charge on any atom is 0.274 e. The summed E-state index contributed by atoms with van der Waals surface area (Å²) in [6.45, 7) is 0. The number of carbonyl (C=O) groups excluding carboxylic acids is 1. The van der Waals surface area contributed by atoms with Crippen LogP contribution in [-0.2, 0) is 4.79 Å². The van der Waals surface area contributed by atoms with Crippen molar-refractivity contribution in [2.45, 2.75) is 6.43 Å². The fraction of sp³-hybridized carbons (Fsp3) is 0.167. The zero-order valence-electron chi connectivity index (χ0n) is 5.85. The molecule has 70 valence electrons. The summed E-state index contributed by atoms with van der Waals surface area (Å²) < 4.78 is 24.3. The number of hydrogen-bond donors (Lipinski definition) is 0. The summed E-state index contributed by atoms with van der Waals surface area (Å²) >= 11 is 11.6. The molecule has 0 radical (unpaired) electrons. The molecule has 0 amide bonds. The predicted octanol–water partition coefficient (Wildman–Crippen LogP) is 3.96. The van der Waals surface area contributed by atoms with Gasteiger partial charge in [-0.05, 0) is 0 Å². The lowest BCUT2D eigenvalue weighted by molar-refractivity contribution is 0.156. The Morgan fingerprint density at radius 1 is 1.46 bits per heavy atom. The standard InChI is InChI=1S/C6HCl2F2NOS/c7-2-3(11-1-12)5(8)13-4(2)6(9)10/h6H. The molecule has 0 spiro atoms. The number of aliphatic imine (C=N–C) groups is 1. The molecule has 13 heavy (non-hydrogen) atoms. The third-order valence-electron chi connectivity index (χ3n) is 1.17. The van der Waals surface area contributed by atoms with E-state index in [0.717, 1.165) is 0 Å². The van der Waals surface area contributed by atoms with Gasteiger partial charge >= 0.3 is 0 Å². The molecule has 0 bridgehead atoms. The number of rotatable bonds is 2. The molecule has 7 heteroatoms. The lowest BCUT2D eigenvalue weighted by Gasteiger charge is -1.92. The van der Waals surface area contributed by atoms with Gasteiger partial charge in [0.2, 0.25) is 6.08 Å². The predicted molar refractivity (Wildman–Crippen MR) is 47.1 cm³/mol. The van der Waals surface area contributed by atoms with Crippen molar-refractivity contribution in [1.29, 1.82) is 0 Å². The number of thiophene rings is 1. The molecule has 0 aromatic carbocycles. The van der Waals surface area contributed by atoms with Crippen LogP contribution in [0.2, 0.25) is 9.36 Å². The minimum Gasteiger partial charge on any atom is -0.211 e.